The van der Waals surface area contributed by atoms with Crippen molar-refractivity contribution < 1.29 is 19.1 Å². The summed E-state index contributed by atoms with van der Waals surface area (Å²) in [5, 5.41) is 2.43. The van der Waals surface area contributed by atoms with Crippen molar-refractivity contribution in [2.45, 2.75) is 78.2 Å². The average molecular weight is 301 g/mol. The van der Waals surface area contributed by atoms with Gasteiger partial charge in [0.05, 0.1) is 13.2 Å². The SMILES string of the molecule is CCCCCCCCCCOC(=O)[C@H](C)NC(=O)OCC. The number of hydrogen-bond acceptors (Lipinski definition) is 4. The van der Waals surface area contributed by atoms with Crippen molar-refractivity contribution in [3.8, 4) is 0 Å². The fourth-order valence-electron chi connectivity index (χ4n) is 1.94. The highest BCUT2D eigenvalue weighted by Gasteiger charge is 2.17. The standard InChI is InChI=1S/C16H31NO4/c1-4-6-7-8-9-10-11-12-13-21-15(18)14(3)17-16(19)20-5-2/h14H,4-13H2,1-3H3,(H,17,19)/t14-/m0/s1. The molecule has 0 spiro atoms. The maximum atomic E-state index is 11.6. The molecule has 0 unspecified atom stereocenters. The van der Waals surface area contributed by atoms with E-state index in [0.717, 1.165) is 12.8 Å². The van der Waals surface area contributed by atoms with Crippen LogP contribution in [0.15, 0.2) is 0 Å². The lowest BCUT2D eigenvalue weighted by Gasteiger charge is -2.13. The van der Waals surface area contributed by atoms with E-state index >= 15 is 0 Å². The molecule has 0 aliphatic carbocycles. The molecule has 0 saturated carbocycles. The first-order chi connectivity index (χ1) is 10.1. The first-order valence-corrected chi connectivity index (χ1v) is 8.21. The Labute approximate surface area is 128 Å². The van der Waals surface area contributed by atoms with Gasteiger partial charge in [-0.1, -0.05) is 51.9 Å². The molecule has 0 aliphatic heterocycles. The number of esters is 1. The Morgan fingerprint density at radius 2 is 1.48 bits per heavy atom. The van der Waals surface area contributed by atoms with E-state index in [1.807, 2.05) is 0 Å². The zero-order valence-corrected chi connectivity index (χ0v) is 13.8. The summed E-state index contributed by atoms with van der Waals surface area (Å²) in [7, 11) is 0. The van der Waals surface area contributed by atoms with Crippen LogP contribution >= 0.6 is 0 Å². The minimum Gasteiger partial charge on any atom is -0.464 e. The molecule has 1 amide bonds. The summed E-state index contributed by atoms with van der Waals surface area (Å²) in [6, 6.07) is -0.668. The van der Waals surface area contributed by atoms with Crippen LogP contribution in [0, 0.1) is 0 Å². The Kier molecular flexibility index (Phi) is 12.9. The molecular weight excluding hydrogens is 270 g/mol. The maximum absolute atomic E-state index is 11.6. The summed E-state index contributed by atoms with van der Waals surface area (Å²) in [5.74, 6) is -0.411. The van der Waals surface area contributed by atoms with Crippen LogP contribution in [0.3, 0.4) is 0 Å². The Hall–Kier alpha value is -1.26. The molecule has 124 valence electrons. The van der Waals surface area contributed by atoms with Crippen LogP contribution in [-0.2, 0) is 14.3 Å². The Morgan fingerprint density at radius 1 is 0.905 bits per heavy atom. The summed E-state index contributed by atoms with van der Waals surface area (Å²) in [6.07, 6.45) is 9.04. The summed E-state index contributed by atoms with van der Waals surface area (Å²) < 4.78 is 9.82. The minimum absolute atomic E-state index is 0.284. The molecule has 5 heteroatoms. The molecule has 0 rings (SSSR count). The fraction of sp³-hybridized carbons (Fsp3) is 0.875. The molecule has 0 fully saturated rings. The van der Waals surface area contributed by atoms with Crippen molar-refractivity contribution in [1.29, 1.82) is 0 Å². The van der Waals surface area contributed by atoms with Gasteiger partial charge in [0.15, 0.2) is 0 Å². The van der Waals surface area contributed by atoms with Crippen molar-refractivity contribution in [2.75, 3.05) is 13.2 Å². The lowest BCUT2D eigenvalue weighted by molar-refractivity contribution is -0.145. The molecule has 0 radical (unpaired) electrons. The Bertz CT molecular complexity index is 281. The topological polar surface area (TPSA) is 64.6 Å². The molecule has 1 N–H and O–H groups in total. The lowest BCUT2D eigenvalue weighted by atomic mass is 10.1. The number of carbonyl (C=O) groups is 2. The predicted octanol–water partition coefficient (Wildman–Crippen LogP) is 3.80. The Balaban J connectivity index is 3.46. The van der Waals surface area contributed by atoms with E-state index in [2.05, 4.69) is 12.2 Å². The second-order valence-electron chi connectivity index (χ2n) is 5.23. The third-order valence-corrected chi connectivity index (χ3v) is 3.21. The monoisotopic (exact) mass is 301 g/mol. The summed E-state index contributed by atoms with van der Waals surface area (Å²) in [4.78, 5) is 22.7. The third kappa shape index (κ3) is 12.2. The van der Waals surface area contributed by atoms with Crippen molar-refractivity contribution in [1.82, 2.24) is 5.32 Å². The van der Waals surface area contributed by atoms with Crippen molar-refractivity contribution in [3.63, 3.8) is 0 Å². The molecule has 0 saturated heterocycles. The van der Waals surface area contributed by atoms with E-state index in [9.17, 15) is 9.59 Å². The molecule has 0 aromatic rings. The molecule has 5 nitrogen and oxygen atoms in total. The van der Waals surface area contributed by atoms with E-state index in [0.29, 0.717) is 6.61 Å². The maximum Gasteiger partial charge on any atom is 0.407 e. The van der Waals surface area contributed by atoms with Gasteiger partial charge in [0.25, 0.3) is 0 Å². The molecule has 0 heterocycles. The molecular formula is C16H31NO4. The molecule has 1 atom stereocenters. The fourth-order valence-corrected chi connectivity index (χ4v) is 1.94. The van der Waals surface area contributed by atoms with Gasteiger partial charge in [-0.05, 0) is 20.3 Å². The molecule has 0 aromatic heterocycles. The van der Waals surface area contributed by atoms with Crippen molar-refractivity contribution in [3.05, 3.63) is 0 Å². The number of nitrogens with one attached hydrogen (secondary N) is 1. The van der Waals surface area contributed by atoms with Gasteiger partial charge in [0.2, 0.25) is 0 Å². The van der Waals surface area contributed by atoms with Crippen LogP contribution in [-0.4, -0.2) is 31.3 Å². The van der Waals surface area contributed by atoms with E-state index in [4.69, 9.17) is 9.47 Å². The molecule has 0 bridgehead atoms. The van der Waals surface area contributed by atoms with Crippen LogP contribution in [0.2, 0.25) is 0 Å². The first kappa shape index (κ1) is 19.7. The second-order valence-corrected chi connectivity index (χ2v) is 5.23. The van der Waals surface area contributed by atoms with Crippen LogP contribution in [0.4, 0.5) is 4.79 Å². The van der Waals surface area contributed by atoms with E-state index in [1.165, 1.54) is 38.5 Å². The van der Waals surface area contributed by atoms with E-state index in [-0.39, 0.29) is 6.61 Å². The van der Waals surface area contributed by atoms with Crippen LogP contribution in [0.1, 0.15) is 72.1 Å². The van der Waals surface area contributed by atoms with Gasteiger partial charge < -0.3 is 14.8 Å². The predicted molar refractivity (Wildman–Crippen MR) is 83.2 cm³/mol. The van der Waals surface area contributed by atoms with Gasteiger partial charge >= 0.3 is 12.1 Å². The van der Waals surface area contributed by atoms with Crippen LogP contribution < -0.4 is 5.32 Å². The molecule has 0 aliphatic rings. The van der Waals surface area contributed by atoms with Gasteiger partial charge in [-0.15, -0.1) is 0 Å². The molecule has 0 aromatic carbocycles. The quantitative estimate of drug-likeness (QED) is 0.440. The molecule has 21 heavy (non-hydrogen) atoms. The number of hydrogen-bond donors (Lipinski definition) is 1. The highest BCUT2D eigenvalue weighted by molar-refractivity contribution is 5.80. The smallest absolute Gasteiger partial charge is 0.407 e. The highest BCUT2D eigenvalue weighted by atomic mass is 16.6. The van der Waals surface area contributed by atoms with Crippen LogP contribution in [0.5, 0.6) is 0 Å². The van der Waals surface area contributed by atoms with E-state index in [1.54, 1.807) is 13.8 Å². The number of carbonyl (C=O) groups excluding carboxylic acids is 2. The van der Waals surface area contributed by atoms with Gasteiger partial charge in [0, 0.05) is 0 Å². The summed E-state index contributed by atoms with van der Waals surface area (Å²) in [5.41, 5.74) is 0. The summed E-state index contributed by atoms with van der Waals surface area (Å²) >= 11 is 0. The van der Waals surface area contributed by atoms with Crippen LogP contribution in [0.25, 0.3) is 0 Å². The minimum atomic E-state index is -0.668. The van der Waals surface area contributed by atoms with Gasteiger partial charge in [-0.2, -0.15) is 0 Å². The Morgan fingerprint density at radius 3 is 2.05 bits per heavy atom. The van der Waals surface area contributed by atoms with E-state index < -0.39 is 18.1 Å². The average Bonchev–Trinajstić information content (AvgIpc) is 2.45. The zero-order valence-electron chi connectivity index (χ0n) is 13.8. The third-order valence-electron chi connectivity index (χ3n) is 3.21. The normalized spacial score (nSPS) is 11.8. The van der Waals surface area contributed by atoms with Gasteiger partial charge in [0.1, 0.15) is 6.04 Å². The van der Waals surface area contributed by atoms with Crippen molar-refractivity contribution >= 4 is 12.1 Å². The summed E-state index contributed by atoms with van der Waals surface area (Å²) in [6.45, 7) is 6.22. The van der Waals surface area contributed by atoms with Gasteiger partial charge in [-0.25, -0.2) is 9.59 Å². The first-order valence-electron chi connectivity index (χ1n) is 8.21. The number of unbranched alkanes of at least 4 members (excludes halogenated alkanes) is 7. The highest BCUT2D eigenvalue weighted by Crippen LogP contribution is 2.08. The lowest BCUT2D eigenvalue weighted by Crippen LogP contribution is -2.39. The van der Waals surface area contributed by atoms with Crippen molar-refractivity contribution in [2.24, 2.45) is 0 Å². The number of amides is 1. The van der Waals surface area contributed by atoms with Gasteiger partial charge in [-0.3, -0.25) is 0 Å². The number of rotatable bonds is 12. The number of ether oxygens (including phenoxy) is 2. The second kappa shape index (κ2) is 13.7. The zero-order chi connectivity index (χ0) is 15.9. The number of alkyl carbamates (subject to hydrolysis) is 1. The largest absolute Gasteiger partial charge is 0.464 e.